The second-order valence-electron chi connectivity index (χ2n) is 3.02. The number of nitrogens with zero attached hydrogens (tertiary/aromatic N) is 5. The fourth-order valence-electron chi connectivity index (χ4n) is 1.13. The summed E-state index contributed by atoms with van der Waals surface area (Å²) in [6, 6.07) is 0.165. The van der Waals surface area contributed by atoms with Crippen molar-refractivity contribution in [2.45, 2.75) is 6.42 Å². The van der Waals surface area contributed by atoms with Crippen LogP contribution in [0.15, 0.2) is 10.9 Å². The summed E-state index contributed by atoms with van der Waals surface area (Å²) in [6.45, 7) is 0.537. The van der Waals surface area contributed by atoms with Gasteiger partial charge in [-0.3, -0.25) is 0 Å². The number of anilines is 2. The maximum Gasteiger partial charge on any atom is 0.322 e. The first-order valence-electron chi connectivity index (χ1n) is 4.83. The number of rotatable bonds is 5. The van der Waals surface area contributed by atoms with E-state index in [1.54, 1.807) is 0 Å². The SMILES string of the molecule is COc1nc(N)nc(NCCc2ncno2)n1. The highest BCUT2D eigenvalue weighted by molar-refractivity contribution is 5.32. The molecule has 0 aliphatic rings. The molecule has 2 rings (SSSR count). The Morgan fingerprint density at radius 3 is 3.00 bits per heavy atom. The number of ether oxygens (including phenoxy) is 1. The number of hydrogen-bond acceptors (Lipinski definition) is 9. The minimum atomic E-state index is 0.0946. The molecule has 90 valence electrons. The molecule has 0 bridgehead atoms. The lowest BCUT2D eigenvalue weighted by Crippen LogP contribution is -2.11. The molecular weight excluding hydrogens is 226 g/mol. The normalized spacial score (nSPS) is 10.2. The van der Waals surface area contributed by atoms with Gasteiger partial charge in [-0.15, -0.1) is 0 Å². The Hall–Kier alpha value is -2.45. The van der Waals surface area contributed by atoms with Gasteiger partial charge in [-0.2, -0.15) is 19.9 Å². The van der Waals surface area contributed by atoms with E-state index in [-0.39, 0.29) is 12.0 Å². The lowest BCUT2D eigenvalue weighted by Gasteiger charge is -2.04. The highest BCUT2D eigenvalue weighted by atomic mass is 16.5. The molecule has 2 heterocycles. The molecule has 2 aromatic heterocycles. The Morgan fingerprint density at radius 1 is 1.41 bits per heavy atom. The van der Waals surface area contributed by atoms with E-state index in [1.807, 2.05) is 0 Å². The maximum absolute atomic E-state index is 5.48. The van der Waals surface area contributed by atoms with E-state index in [1.165, 1.54) is 13.4 Å². The van der Waals surface area contributed by atoms with Crippen LogP contribution >= 0.6 is 0 Å². The molecule has 0 saturated heterocycles. The van der Waals surface area contributed by atoms with Crippen LogP contribution in [0.25, 0.3) is 0 Å². The molecule has 17 heavy (non-hydrogen) atoms. The van der Waals surface area contributed by atoms with Crippen LogP contribution in [-0.4, -0.2) is 38.7 Å². The molecule has 0 amide bonds. The van der Waals surface area contributed by atoms with Crippen molar-refractivity contribution in [1.29, 1.82) is 0 Å². The second-order valence-corrected chi connectivity index (χ2v) is 3.02. The van der Waals surface area contributed by atoms with Crippen molar-refractivity contribution >= 4 is 11.9 Å². The fraction of sp³-hybridized carbons (Fsp3) is 0.375. The first-order chi connectivity index (χ1) is 8.28. The van der Waals surface area contributed by atoms with Crippen LogP contribution in [0.3, 0.4) is 0 Å². The smallest absolute Gasteiger partial charge is 0.322 e. The second kappa shape index (κ2) is 5.05. The molecule has 0 radical (unpaired) electrons. The highest BCUT2D eigenvalue weighted by Crippen LogP contribution is 2.07. The minimum absolute atomic E-state index is 0.0946. The number of methoxy groups -OCH3 is 1. The van der Waals surface area contributed by atoms with Crippen molar-refractivity contribution in [3.63, 3.8) is 0 Å². The summed E-state index contributed by atoms with van der Waals surface area (Å²) in [6.07, 6.45) is 1.91. The summed E-state index contributed by atoms with van der Waals surface area (Å²) in [5, 5.41) is 6.44. The van der Waals surface area contributed by atoms with Gasteiger partial charge in [-0.25, -0.2) is 0 Å². The number of nitrogens with two attached hydrogens (primary N) is 1. The van der Waals surface area contributed by atoms with Crippen molar-refractivity contribution in [3.8, 4) is 6.01 Å². The zero-order chi connectivity index (χ0) is 12.1. The Morgan fingerprint density at radius 2 is 2.29 bits per heavy atom. The van der Waals surface area contributed by atoms with Crippen LogP contribution < -0.4 is 15.8 Å². The number of nitrogens with one attached hydrogen (secondary N) is 1. The van der Waals surface area contributed by atoms with Crippen molar-refractivity contribution in [2.75, 3.05) is 24.7 Å². The third-order valence-corrected chi connectivity index (χ3v) is 1.84. The standard InChI is InChI=1S/C8H11N7O2/c1-16-8-14-6(9)13-7(15-8)10-3-2-5-11-4-12-17-5/h4H,2-3H2,1H3,(H3,9,10,13,14,15). The summed E-state index contributed by atoms with van der Waals surface area (Å²) in [7, 11) is 1.46. The lowest BCUT2D eigenvalue weighted by atomic mass is 10.4. The van der Waals surface area contributed by atoms with Crippen LogP contribution in [0.1, 0.15) is 5.89 Å². The van der Waals surface area contributed by atoms with E-state index < -0.39 is 0 Å². The van der Waals surface area contributed by atoms with Gasteiger partial charge in [0.05, 0.1) is 7.11 Å². The summed E-state index contributed by atoms with van der Waals surface area (Å²) in [4.78, 5) is 15.5. The zero-order valence-corrected chi connectivity index (χ0v) is 9.12. The topological polar surface area (TPSA) is 125 Å². The van der Waals surface area contributed by atoms with Gasteiger partial charge in [0.2, 0.25) is 17.8 Å². The third-order valence-electron chi connectivity index (χ3n) is 1.84. The lowest BCUT2D eigenvalue weighted by molar-refractivity contribution is 0.378. The predicted molar refractivity (Wildman–Crippen MR) is 57.3 cm³/mol. The van der Waals surface area contributed by atoms with E-state index in [4.69, 9.17) is 15.0 Å². The van der Waals surface area contributed by atoms with Crippen LogP contribution in [0.4, 0.5) is 11.9 Å². The molecular formula is C8H11N7O2. The van der Waals surface area contributed by atoms with Crippen LogP contribution in [-0.2, 0) is 6.42 Å². The van der Waals surface area contributed by atoms with Crippen LogP contribution in [0.5, 0.6) is 6.01 Å². The van der Waals surface area contributed by atoms with E-state index in [0.29, 0.717) is 24.8 Å². The van der Waals surface area contributed by atoms with Crippen molar-refractivity contribution in [3.05, 3.63) is 12.2 Å². The molecule has 0 atom stereocenters. The van der Waals surface area contributed by atoms with Gasteiger partial charge in [0.15, 0.2) is 6.33 Å². The van der Waals surface area contributed by atoms with Gasteiger partial charge < -0.3 is 20.3 Å². The van der Waals surface area contributed by atoms with Crippen molar-refractivity contribution in [1.82, 2.24) is 25.1 Å². The van der Waals surface area contributed by atoms with Gasteiger partial charge >= 0.3 is 6.01 Å². The summed E-state index contributed by atoms with van der Waals surface area (Å²) < 4.78 is 9.70. The number of aromatic nitrogens is 5. The monoisotopic (exact) mass is 237 g/mol. The van der Waals surface area contributed by atoms with E-state index in [2.05, 4.69) is 30.4 Å². The summed E-state index contributed by atoms with van der Waals surface area (Å²) in [5.41, 5.74) is 5.48. The first kappa shape index (κ1) is 11.0. The molecule has 9 heteroatoms. The van der Waals surface area contributed by atoms with Gasteiger partial charge in [0, 0.05) is 13.0 Å². The average molecular weight is 237 g/mol. The zero-order valence-electron chi connectivity index (χ0n) is 9.12. The van der Waals surface area contributed by atoms with E-state index in [0.717, 1.165) is 0 Å². The van der Waals surface area contributed by atoms with Gasteiger partial charge in [0.1, 0.15) is 0 Å². The van der Waals surface area contributed by atoms with Gasteiger partial charge in [-0.05, 0) is 0 Å². The summed E-state index contributed by atoms with van der Waals surface area (Å²) >= 11 is 0. The molecule has 3 N–H and O–H groups in total. The largest absolute Gasteiger partial charge is 0.467 e. The predicted octanol–water partition coefficient (Wildman–Crippen LogP) is -0.500. The van der Waals surface area contributed by atoms with E-state index >= 15 is 0 Å². The van der Waals surface area contributed by atoms with Gasteiger partial charge in [-0.1, -0.05) is 5.16 Å². The molecule has 0 spiro atoms. The van der Waals surface area contributed by atoms with Crippen LogP contribution in [0.2, 0.25) is 0 Å². The molecule has 0 saturated carbocycles. The Labute approximate surface area is 96.4 Å². The Kier molecular flexibility index (Phi) is 3.28. The molecule has 0 unspecified atom stereocenters. The quantitative estimate of drug-likeness (QED) is 0.707. The highest BCUT2D eigenvalue weighted by Gasteiger charge is 2.04. The molecule has 0 aromatic carbocycles. The average Bonchev–Trinajstić information content (AvgIpc) is 2.81. The molecule has 0 aliphatic carbocycles. The molecule has 9 nitrogen and oxygen atoms in total. The number of hydrogen-bond donors (Lipinski definition) is 2. The van der Waals surface area contributed by atoms with Crippen molar-refractivity contribution in [2.24, 2.45) is 0 Å². The maximum atomic E-state index is 5.48. The molecule has 0 fully saturated rings. The van der Waals surface area contributed by atoms with Gasteiger partial charge in [0.25, 0.3) is 0 Å². The third kappa shape index (κ3) is 3.00. The Bertz CT molecular complexity index is 473. The Balaban J connectivity index is 1.92. The number of nitrogen functional groups attached to an aromatic ring is 1. The van der Waals surface area contributed by atoms with E-state index in [9.17, 15) is 0 Å². The molecule has 2 aromatic rings. The fourth-order valence-corrected chi connectivity index (χ4v) is 1.13. The summed E-state index contributed by atoms with van der Waals surface area (Å²) in [5.74, 6) is 0.970. The molecule has 0 aliphatic heterocycles. The van der Waals surface area contributed by atoms with Crippen molar-refractivity contribution < 1.29 is 9.26 Å². The van der Waals surface area contributed by atoms with Crippen LogP contribution in [0, 0.1) is 0 Å². The first-order valence-corrected chi connectivity index (χ1v) is 4.83. The minimum Gasteiger partial charge on any atom is -0.467 e.